The van der Waals surface area contributed by atoms with Crippen molar-refractivity contribution in [3.63, 3.8) is 0 Å². The van der Waals surface area contributed by atoms with Crippen molar-refractivity contribution in [2.45, 2.75) is 0 Å². The van der Waals surface area contributed by atoms with Gasteiger partial charge in [0.25, 0.3) is 5.91 Å². The van der Waals surface area contributed by atoms with Crippen LogP contribution in [-0.4, -0.2) is 36.9 Å². The number of carbonyl (C=O) groups is 2. The van der Waals surface area contributed by atoms with Gasteiger partial charge < -0.3 is 14.5 Å². The SMILES string of the molecule is O=Cc1ccccc1OCCN1CN(c2ccccc2)c2ccccc2C1=O. The predicted octanol–water partition coefficient (Wildman–Crippen LogP) is 4.13. The van der Waals surface area contributed by atoms with Gasteiger partial charge in [-0.05, 0) is 36.4 Å². The second kappa shape index (κ2) is 7.96. The molecule has 140 valence electrons. The Morgan fingerprint density at radius 1 is 0.893 bits per heavy atom. The standard InChI is InChI=1S/C23H20N2O3/c26-16-18-8-4-7-13-22(18)28-15-14-24-17-25(19-9-2-1-3-10-19)21-12-6-5-11-20(21)23(24)27/h1-13,16H,14-15,17H2. The van der Waals surface area contributed by atoms with Gasteiger partial charge in [0.05, 0.1) is 30.0 Å². The Hall–Kier alpha value is -3.60. The molecule has 5 nitrogen and oxygen atoms in total. The molecule has 0 aromatic heterocycles. The Bertz CT molecular complexity index is 988. The van der Waals surface area contributed by atoms with Gasteiger partial charge in [-0.2, -0.15) is 0 Å². The average molecular weight is 372 g/mol. The lowest BCUT2D eigenvalue weighted by atomic mass is 10.1. The molecular weight excluding hydrogens is 352 g/mol. The molecule has 0 fully saturated rings. The largest absolute Gasteiger partial charge is 0.491 e. The van der Waals surface area contributed by atoms with E-state index in [9.17, 15) is 9.59 Å². The van der Waals surface area contributed by atoms with Gasteiger partial charge >= 0.3 is 0 Å². The maximum atomic E-state index is 12.9. The fourth-order valence-electron chi connectivity index (χ4n) is 3.35. The lowest BCUT2D eigenvalue weighted by Gasteiger charge is -2.38. The predicted molar refractivity (Wildman–Crippen MR) is 108 cm³/mol. The minimum absolute atomic E-state index is 0.0185. The number of amides is 1. The summed E-state index contributed by atoms with van der Waals surface area (Å²) in [7, 11) is 0. The molecule has 0 aliphatic carbocycles. The number of anilines is 2. The Morgan fingerprint density at radius 3 is 2.43 bits per heavy atom. The molecule has 3 aromatic rings. The van der Waals surface area contributed by atoms with Crippen LogP contribution < -0.4 is 9.64 Å². The Morgan fingerprint density at radius 2 is 1.61 bits per heavy atom. The molecule has 1 aliphatic rings. The Balaban J connectivity index is 1.53. The van der Waals surface area contributed by atoms with E-state index >= 15 is 0 Å². The van der Waals surface area contributed by atoms with Gasteiger partial charge in [-0.3, -0.25) is 9.59 Å². The number of aldehydes is 1. The molecular formula is C23H20N2O3. The van der Waals surface area contributed by atoms with Gasteiger partial charge in [0.1, 0.15) is 12.4 Å². The molecule has 0 atom stereocenters. The summed E-state index contributed by atoms with van der Waals surface area (Å²) >= 11 is 0. The van der Waals surface area contributed by atoms with E-state index in [0.29, 0.717) is 36.7 Å². The van der Waals surface area contributed by atoms with E-state index in [1.165, 1.54) is 0 Å². The number of benzene rings is 3. The van der Waals surface area contributed by atoms with Gasteiger partial charge in [-0.25, -0.2) is 0 Å². The fourth-order valence-corrected chi connectivity index (χ4v) is 3.35. The maximum absolute atomic E-state index is 12.9. The second-order valence-corrected chi connectivity index (χ2v) is 6.49. The van der Waals surface area contributed by atoms with Gasteiger partial charge in [0.2, 0.25) is 0 Å². The lowest BCUT2D eigenvalue weighted by Crippen LogP contribution is -2.46. The highest BCUT2D eigenvalue weighted by Crippen LogP contribution is 2.33. The molecule has 28 heavy (non-hydrogen) atoms. The zero-order chi connectivity index (χ0) is 19.3. The molecule has 4 rings (SSSR count). The van der Waals surface area contributed by atoms with Crippen molar-refractivity contribution >= 4 is 23.6 Å². The van der Waals surface area contributed by atoms with Crippen LogP contribution in [0, 0.1) is 0 Å². The number of fused-ring (bicyclic) bond motifs is 1. The van der Waals surface area contributed by atoms with Crippen LogP contribution in [0.5, 0.6) is 5.75 Å². The van der Waals surface area contributed by atoms with Gasteiger partial charge in [0.15, 0.2) is 6.29 Å². The summed E-state index contributed by atoms with van der Waals surface area (Å²) in [5.41, 5.74) is 3.11. The molecule has 0 bridgehead atoms. The van der Waals surface area contributed by atoms with Crippen molar-refractivity contribution in [2.75, 3.05) is 24.7 Å². The van der Waals surface area contributed by atoms with Crippen LogP contribution in [0.1, 0.15) is 20.7 Å². The average Bonchev–Trinajstić information content (AvgIpc) is 2.76. The van der Waals surface area contributed by atoms with Crippen LogP contribution in [0.25, 0.3) is 0 Å². The fraction of sp³-hybridized carbons (Fsp3) is 0.130. The van der Waals surface area contributed by atoms with Crippen molar-refractivity contribution < 1.29 is 14.3 Å². The number of carbonyl (C=O) groups excluding carboxylic acids is 2. The smallest absolute Gasteiger partial charge is 0.257 e. The van der Waals surface area contributed by atoms with Crippen LogP contribution in [0.2, 0.25) is 0 Å². The molecule has 0 radical (unpaired) electrons. The summed E-state index contributed by atoms with van der Waals surface area (Å²) in [4.78, 5) is 28.0. The first-order valence-electron chi connectivity index (χ1n) is 9.16. The van der Waals surface area contributed by atoms with Crippen LogP contribution in [0.3, 0.4) is 0 Å². The second-order valence-electron chi connectivity index (χ2n) is 6.49. The van der Waals surface area contributed by atoms with E-state index in [1.807, 2.05) is 60.7 Å². The summed E-state index contributed by atoms with van der Waals surface area (Å²) in [5.74, 6) is 0.511. The first-order chi connectivity index (χ1) is 13.8. The topological polar surface area (TPSA) is 49.9 Å². The normalized spacial score (nSPS) is 13.2. The molecule has 1 heterocycles. The minimum Gasteiger partial charge on any atom is -0.491 e. The minimum atomic E-state index is -0.0185. The Kier molecular flexibility index (Phi) is 5.06. The van der Waals surface area contributed by atoms with E-state index in [-0.39, 0.29) is 5.91 Å². The van der Waals surface area contributed by atoms with Gasteiger partial charge in [-0.15, -0.1) is 0 Å². The van der Waals surface area contributed by atoms with Gasteiger partial charge in [0, 0.05) is 5.69 Å². The molecule has 5 heteroatoms. The molecule has 1 amide bonds. The lowest BCUT2D eigenvalue weighted by molar-refractivity contribution is 0.0720. The molecule has 0 unspecified atom stereocenters. The zero-order valence-electron chi connectivity index (χ0n) is 15.3. The summed E-state index contributed by atoms with van der Waals surface area (Å²) in [6.07, 6.45) is 0.773. The number of para-hydroxylation sites is 3. The van der Waals surface area contributed by atoms with Crippen LogP contribution in [0.15, 0.2) is 78.9 Å². The summed E-state index contributed by atoms with van der Waals surface area (Å²) in [6, 6.07) is 24.7. The number of ether oxygens (including phenoxy) is 1. The van der Waals surface area contributed by atoms with Crippen LogP contribution in [-0.2, 0) is 0 Å². The quantitative estimate of drug-likeness (QED) is 0.611. The van der Waals surface area contributed by atoms with Crippen molar-refractivity contribution in [2.24, 2.45) is 0 Å². The van der Waals surface area contributed by atoms with E-state index in [0.717, 1.165) is 17.7 Å². The molecule has 1 aliphatic heterocycles. The van der Waals surface area contributed by atoms with Crippen molar-refractivity contribution in [3.8, 4) is 5.75 Å². The van der Waals surface area contributed by atoms with Gasteiger partial charge in [-0.1, -0.05) is 42.5 Å². The highest BCUT2D eigenvalue weighted by molar-refractivity contribution is 6.02. The molecule has 0 spiro atoms. The first kappa shape index (κ1) is 17.8. The van der Waals surface area contributed by atoms with E-state index in [2.05, 4.69) is 4.90 Å². The third-order valence-electron chi connectivity index (χ3n) is 4.76. The van der Waals surface area contributed by atoms with Crippen LogP contribution in [0.4, 0.5) is 11.4 Å². The van der Waals surface area contributed by atoms with Crippen LogP contribution >= 0.6 is 0 Å². The third kappa shape index (κ3) is 3.47. The number of hydrogen-bond acceptors (Lipinski definition) is 4. The van der Waals surface area contributed by atoms with E-state index in [1.54, 1.807) is 23.1 Å². The summed E-state index contributed by atoms with van der Waals surface area (Å²) in [5, 5.41) is 0. The summed E-state index contributed by atoms with van der Waals surface area (Å²) < 4.78 is 5.76. The van der Waals surface area contributed by atoms with Crippen molar-refractivity contribution in [3.05, 3.63) is 90.0 Å². The number of nitrogens with zero attached hydrogens (tertiary/aromatic N) is 2. The summed E-state index contributed by atoms with van der Waals surface area (Å²) in [6.45, 7) is 1.17. The van der Waals surface area contributed by atoms with E-state index < -0.39 is 0 Å². The molecule has 3 aromatic carbocycles. The zero-order valence-corrected chi connectivity index (χ0v) is 15.3. The highest BCUT2D eigenvalue weighted by Gasteiger charge is 2.29. The Labute approximate surface area is 163 Å². The highest BCUT2D eigenvalue weighted by atomic mass is 16.5. The molecule has 0 saturated heterocycles. The maximum Gasteiger partial charge on any atom is 0.257 e. The van der Waals surface area contributed by atoms with E-state index in [4.69, 9.17) is 4.74 Å². The molecule has 0 N–H and O–H groups in total. The number of hydrogen-bond donors (Lipinski definition) is 0. The number of rotatable bonds is 6. The van der Waals surface area contributed by atoms with Crippen molar-refractivity contribution in [1.29, 1.82) is 0 Å². The van der Waals surface area contributed by atoms with Crippen molar-refractivity contribution in [1.82, 2.24) is 4.90 Å². The third-order valence-corrected chi connectivity index (χ3v) is 4.76. The monoisotopic (exact) mass is 372 g/mol. The first-order valence-corrected chi connectivity index (χ1v) is 9.16. The molecule has 0 saturated carbocycles.